The lowest BCUT2D eigenvalue weighted by atomic mass is 10.0. The van der Waals surface area contributed by atoms with E-state index in [1.165, 1.54) is 161 Å². The van der Waals surface area contributed by atoms with Crippen molar-refractivity contribution in [3.8, 4) is 0 Å². The second kappa shape index (κ2) is 41.0. The van der Waals surface area contributed by atoms with E-state index in [-0.39, 0.29) is 12.5 Å². The first-order valence-corrected chi connectivity index (χ1v) is 21.7. The van der Waals surface area contributed by atoms with Crippen molar-refractivity contribution in [1.82, 2.24) is 5.32 Å². The molecule has 0 spiro atoms. The van der Waals surface area contributed by atoms with E-state index >= 15 is 0 Å². The minimum atomic E-state index is -0.864. The first-order chi connectivity index (χ1) is 24.2. The molecule has 4 nitrogen and oxygen atoms in total. The van der Waals surface area contributed by atoms with Crippen LogP contribution < -0.4 is 5.32 Å². The van der Waals surface area contributed by atoms with Crippen LogP contribution in [0.3, 0.4) is 0 Å². The van der Waals surface area contributed by atoms with Gasteiger partial charge in [-0.3, -0.25) is 4.79 Å². The van der Waals surface area contributed by atoms with Crippen molar-refractivity contribution in [2.24, 2.45) is 0 Å². The number of rotatable bonds is 39. The van der Waals surface area contributed by atoms with E-state index in [2.05, 4.69) is 43.5 Å². The average Bonchev–Trinajstić information content (AvgIpc) is 3.10. The maximum absolute atomic E-state index is 12.3. The zero-order chi connectivity index (χ0) is 35.7. The smallest absolute Gasteiger partial charge is 0.220 e. The van der Waals surface area contributed by atoms with E-state index in [4.69, 9.17) is 0 Å². The summed E-state index contributed by atoms with van der Waals surface area (Å²) in [5.74, 6) is -0.0827. The molecule has 0 rings (SSSR count). The lowest BCUT2D eigenvalue weighted by Gasteiger charge is -2.19. The Labute approximate surface area is 306 Å². The number of allylic oxidation sites excluding steroid dienone is 5. The van der Waals surface area contributed by atoms with Crippen molar-refractivity contribution < 1.29 is 15.0 Å². The van der Waals surface area contributed by atoms with Crippen LogP contribution in [-0.4, -0.2) is 34.9 Å². The van der Waals surface area contributed by atoms with Gasteiger partial charge in [0.05, 0.1) is 18.8 Å². The van der Waals surface area contributed by atoms with Gasteiger partial charge in [-0.25, -0.2) is 0 Å². The summed E-state index contributed by atoms with van der Waals surface area (Å²) in [6.45, 7) is 4.29. The Kier molecular flexibility index (Phi) is 39.9. The van der Waals surface area contributed by atoms with Crippen LogP contribution in [0.1, 0.15) is 226 Å². The molecular weight excluding hydrogens is 602 g/mol. The molecule has 288 valence electrons. The second-order valence-corrected chi connectivity index (χ2v) is 14.8. The summed E-state index contributed by atoms with van der Waals surface area (Å²) in [6.07, 6.45) is 54.0. The van der Waals surface area contributed by atoms with Gasteiger partial charge in [-0.1, -0.05) is 198 Å². The summed E-state index contributed by atoms with van der Waals surface area (Å²) < 4.78 is 0. The van der Waals surface area contributed by atoms with Crippen LogP contribution in [0.15, 0.2) is 36.5 Å². The lowest BCUT2D eigenvalue weighted by Crippen LogP contribution is -2.45. The Morgan fingerprint density at radius 1 is 0.469 bits per heavy atom. The van der Waals surface area contributed by atoms with Gasteiger partial charge in [0, 0.05) is 6.42 Å². The number of carbonyl (C=O) groups excluding carboxylic acids is 1. The normalized spacial score (nSPS) is 13.3. The fourth-order valence-corrected chi connectivity index (χ4v) is 6.48. The summed E-state index contributed by atoms with van der Waals surface area (Å²) in [4.78, 5) is 12.3. The number of hydrogen-bond acceptors (Lipinski definition) is 3. The molecule has 0 heterocycles. The highest BCUT2D eigenvalue weighted by molar-refractivity contribution is 5.76. The third kappa shape index (κ3) is 37.7. The van der Waals surface area contributed by atoms with Crippen molar-refractivity contribution in [3.05, 3.63) is 36.5 Å². The van der Waals surface area contributed by atoms with Crippen molar-refractivity contribution in [2.45, 2.75) is 238 Å². The largest absolute Gasteiger partial charge is 0.394 e. The Morgan fingerprint density at radius 2 is 0.796 bits per heavy atom. The van der Waals surface area contributed by atoms with E-state index in [0.717, 1.165) is 44.9 Å². The van der Waals surface area contributed by atoms with Crippen LogP contribution in [0.2, 0.25) is 0 Å². The number of aliphatic hydroxyl groups excluding tert-OH is 2. The molecule has 49 heavy (non-hydrogen) atoms. The molecule has 0 radical (unpaired) electrons. The molecule has 0 aromatic heterocycles. The molecule has 0 aliphatic carbocycles. The van der Waals surface area contributed by atoms with Crippen molar-refractivity contribution >= 4 is 5.91 Å². The molecule has 0 aliphatic rings. The van der Waals surface area contributed by atoms with Gasteiger partial charge < -0.3 is 15.5 Å². The summed E-state index contributed by atoms with van der Waals surface area (Å²) in [6, 6.07) is -0.641. The van der Waals surface area contributed by atoms with Gasteiger partial charge >= 0.3 is 0 Å². The van der Waals surface area contributed by atoms with Gasteiger partial charge in [0.1, 0.15) is 0 Å². The highest BCUT2D eigenvalue weighted by atomic mass is 16.3. The quantitative estimate of drug-likeness (QED) is 0.0445. The average molecular weight is 688 g/mol. The molecule has 1 amide bonds. The zero-order valence-corrected chi connectivity index (χ0v) is 33.0. The number of aliphatic hydroxyl groups is 2. The van der Waals surface area contributed by atoms with E-state index in [1.54, 1.807) is 6.08 Å². The molecule has 2 atom stereocenters. The van der Waals surface area contributed by atoms with Crippen LogP contribution in [0.4, 0.5) is 0 Å². The van der Waals surface area contributed by atoms with Gasteiger partial charge in [0.15, 0.2) is 0 Å². The molecule has 0 aliphatic heterocycles. The Balaban J connectivity index is 3.60. The van der Waals surface area contributed by atoms with Gasteiger partial charge in [-0.2, -0.15) is 0 Å². The van der Waals surface area contributed by atoms with Crippen LogP contribution in [0, 0.1) is 0 Å². The van der Waals surface area contributed by atoms with Crippen LogP contribution >= 0.6 is 0 Å². The van der Waals surface area contributed by atoms with Gasteiger partial charge in [0.25, 0.3) is 0 Å². The second-order valence-electron chi connectivity index (χ2n) is 14.8. The molecule has 2 unspecified atom stereocenters. The zero-order valence-electron chi connectivity index (χ0n) is 33.0. The molecule has 0 saturated carbocycles. The summed E-state index contributed by atoms with van der Waals surface area (Å²) in [7, 11) is 0. The van der Waals surface area contributed by atoms with Crippen LogP contribution in [0.5, 0.6) is 0 Å². The van der Waals surface area contributed by atoms with E-state index < -0.39 is 12.1 Å². The van der Waals surface area contributed by atoms with Crippen molar-refractivity contribution in [3.63, 3.8) is 0 Å². The Hall–Kier alpha value is -1.39. The van der Waals surface area contributed by atoms with Gasteiger partial charge in [-0.05, 0) is 57.8 Å². The highest BCUT2D eigenvalue weighted by Crippen LogP contribution is 2.15. The maximum atomic E-state index is 12.3. The predicted molar refractivity (Wildman–Crippen MR) is 216 cm³/mol. The van der Waals surface area contributed by atoms with E-state index in [0.29, 0.717) is 6.42 Å². The molecule has 0 bridgehead atoms. The lowest BCUT2D eigenvalue weighted by molar-refractivity contribution is -0.123. The van der Waals surface area contributed by atoms with Crippen LogP contribution in [0.25, 0.3) is 0 Å². The van der Waals surface area contributed by atoms with Crippen molar-refractivity contribution in [1.29, 1.82) is 0 Å². The number of nitrogens with one attached hydrogen (secondary N) is 1. The topological polar surface area (TPSA) is 69.6 Å². The standard InChI is InChI=1S/C45H85NO3/c1-3-5-7-9-11-13-15-17-19-20-21-22-23-24-25-26-27-28-30-32-34-36-38-40-44(48)43(42-47)46-45(49)41-39-37-35-33-31-29-18-16-14-12-10-8-6-4-2/h16,18,30,32,38,40,43-44,47-48H,3-15,17,19-29,31,33-37,39,41-42H2,1-2H3,(H,46,49)/b18-16-,32-30+,40-38+. The third-order valence-corrected chi connectivity index (χ3v) is 9.85. The van der Waals surface area contributed by atoms with Crippen molar-refractivity contribution in [2.75, 3.05) is 6.61 Å². The summed E-state index contributed by atoms with van der Waals surface area (Å²) in [5, 5.41) is 23.0. The third-order valence-electron chi connectivity index (χ3n) is 9.85. The maximum Gasteiger partial charge on any atom is 0.220 e. The van der Waals surface area contributed by atoms with E-state index in [1.807, 2.05) is 6.08 Å². The first-order valence-electron chi connectivity index (χ1n) is 21.7. The fraction of sp³-hybridized carbons (Fsp3) is 0.844. The molecule has 0 fully saturated rings. The predicted octanol–water partition coefficient (Wildman–Crippen LogP) is 13.4. The van der Waals surface area contributed by atoms with Gasteiger partial charge in [-0.15, -0.1) is 0 Å². The highest BCUT2D eigenvalue weighted by Gasteiger charge is 2.17. The number of carbonyl (C=O) groups is 1. The number of hydrogen-bond donors (Lipinski definition) is 3. The van der Waals surface area contributed by atoms with Gasteiger partial charge in [0.2, 0.25) is 5.91 Å². The molecule has 0 saturated heterocycles. The monoisotopic (exact) mass is 688 g/mol. The minimum Gasteiger partial charge on any atom is -0.394 e. The summed E-state index contributed by atoms with van der Waals surface area (Å²) >= 11 is 0. The SMILES string of the molecule is CCCCCCC/C=C\CCCCCCCC(=O)NC(CO)C(O)/C=C/CC/C=C/CCCCCCCCCCCCCCCCCCC. The molecule has 4 heteroatoms. The van der Waals surface area contributed by atoms with Crippen LogP contribution in [-0.2, 0) is 4.79 Å². The molecule has 0 aromatic carbocycles. The molecular formula is C45H85NO3. The fourth-order valence-electron chi connectivity index (χ4n) is 6.48. The molecule has 3 N–H and O–H groups in total. The number of amides is 1. The Bertz CT molecular complexity index is 746. The summed E-state index contributed by atoms with van der Waals surface area (Å²) in [5.41, 5.74) is 0. The number of unbranched alkanes of at least 4 members (excludes halogenated alkanes) is 28. The Morgan fingerprint density at radius 3 is 1.18 bits per heavy atom. The first kappa shape index (κ1) is 47.6. The van der Waals surface area contributed by atoms with E-state index in [9.17, 15) is 15.0 Å². The molecule has 0 aromatic rings. The minimum absolute atomic E-state index is 0.0827.